The van der Waals surface area contributed by atoms with E-state index in [1.54, 1.807) is 18.2 Å². The summed E-state index contributed by atoms with van der Waals surface area (Å²) in [5, 5.41) is 47.0. The van der Waals surface area contributed by atoms with E-state index in [0.717, 1.165) is 0 Å². The number of phenolic OH excluding ortho intramolecular Hbond substituents is 3. The van der Waals surface area contributed by atoms with E-state index >= 15 is 0 Å². The molecule has 0 atom stereocenters. The van der Waals surface area contributed by atoms with E-state index in [1.165, 1.54) is 19.2 Å². The number of hydrogen-bond acceptors (Lipinski definition) is 6. The van der Waals surface area contributed by atoms with Crippen molar-refractivity contribution < 1.29 is 25.2 Å². The number of aromatic amines is 1. The lowest BCUT2D eigenvalue weighted by Gasteiger charge is -2.11. The van der Waals surface area contributed by atoms with Crippen molar-refractivity contribution in [1.29, 1.82) is 0 Å². The van der Waals surface area contributed by atoms with Crippen molar-refractivity contribution >= 4 is 0 Å². The first-order chi connectivity index (χ1) is 12.5. The van der Waals surface area contributed by atoms with Crippen LogP contribution < -0.4 is 4.74 Å². The lowest BCUT2D eigenvalue weighted by Crippen LogP contribution is -1.91. The van der Waals surface area contributed by atoms with Gasteiger partial charge in [-0.15, -0.1) is 0 Å². The fraction of sp³-hybridized carbons (Fsp3) is 0.211. The first-order valence-electron chi connectivity index (χ1n) is 8.10. The Hall–Kier alpha value is -3.19. The molecule has 0 saturated heterocycles. The van der Waals surface area contributed by atoms with Crippen LogP contribution in [0, 0.1) is 0 Å². The number of ether oxygens (including phenoxy) is 1. The van der Waals surface area contributed by atoms with Crippen LogP contribution in [0.15, 0.2) is 30.3 Å². The standard InChI is InChI=1S/C19H20N2O5/c1-3-10-6-12(15(24)8-14(10)23)19-18(13(9-22)20-21-19)11-4-5-17(26-2)16(25)7-11/h4-8,22-25H,3,9H2,1-2H3,(H,20,21). The van der Waals surface area contributed by atoms with Gasteiger partial charge in [0.15, 0.2) is 11.5 Å². The van der Waals surface area contributed by atoms with Crippen LogP contribution in [-0.2, 0) is 13.0 Å². The Morgan fingerprint density at radius 3 is 2.42 bits per heavy atom. The number of aliphatic hydroxyl groups excluding tert-OH is 1. The number of aliphatic hydroxyl groups is 1. The predicted octanol–water partition coefficient (Wildman–Crippen LogP) is 2.92. The van der Waals surface area contributed by atoms with Gasteiger partial charge < -0.3 is 25.2 Å². The van der Waals surface area contributed by atoms with Crippen molar-refractivity contribution in [3.63, 3.8) is 0 Å². The van der Waals surface area contributed by atoms with Gasteiger partial charge in [-0.3, -0.25) is 5.10 Å². The van der Waals surface area contributed by atoms with Crippen LogP contribution in [0.2, 0.25) is 0 Å². The number of nitrogens with one attached hydrogen (secondary N) is 1. The van der Waals surface area contributed by atoms with Gasteiger partial charge in [-0.05, 0) is 35.7 Å². The molecule has 0 bridgehead atoms. The summed E-state index contributed by atoms with van der Waals surface area (Å²) in [6.07, 6.45) is 0.578. The third-order valence-electron chi connectivity index (χ3n) is 4.30. The highest BCUT2D eigenvalue weighted by Gasteiger charge is 2.21. The van der Waals surface area contributed by atoms with Crippen LogP contribution in [-0.4, -0.2) is 37.7 Å². The SMILES string of the molecule is CCc1cc(-c2n[nH]c(CO)c2-c2ccc(OC)c(O)c2)c(O)cc1O. The fourth-order valence-electron chi connectivity index (χ4n) is 2.94. The zero-order valence-corrected chi connectivity index (χ0v) is 14.4. The van der Waals surface area contributed by atoms with Crippen LogP contribution in [0.1, 0.15) is 18.2 Å². The molecule has 0 aliphatic heterocycles. The van der Waals surface area contributed by atoms with Gasteiger partial charge in [0.1, 0.15) is 17.2 Å². The summed E-state index contributed by atoms with van der Waals surface area (Å²) >= 11 is 0. The number of aromatic hydroxyl groups is 3. The Morgan fingerprint density at radius 1 is 1.04 bits per heavy atom. The lowest BCUT2D eigenvalue weighted by atomic mass is 9.96. The molecule has 7 heteroatoms. The molecule has 1 heterocycles. The number of aromatic nitrogens is 2. The maximum Gasteiger partial charge on any atom is 0.160 e. The Bertz CT molecular complexity index is 949. The molecule has 1 aromatic heterocycles. The molecule has 0 unspecified atom stereocenters. The highest BCUT2D eigenvalue weighted by Crippen LogP contribution is 2.42. The summed E-state index contributed by atoms with van der Waals surface area (Å²) in [5.74, 6) is 0.153. The molecule has 0 spiro atoms. The first kappa shape index (κ1) is 17.6. The Morgan fingerprint density at radius 2 is 1.81 bits per heavy atom. The van der Waals surface area contributed by atoms with E-state index < -0.39 is 0 Å². The van der Waals surface area contributed by atoms with Crippen molar-refractivity contribution in [1.82, 2.24) is 10.2 Å². The van der Waals surface area contributed by atoms with Crippen molar-refractivity contribution in [2.75, 3.05) is 7.11 Å². The average molecular weight is 356 g/mol. The van der Waals surface area contributed by atoms with Crippen LogP contribution >= 0.6 is 0 Å². The molecule has 0 saturated carbocycles. The van der Waals surface area contributed by atoms with Gasteiger partial charge in [-0.25, -0.2) is 0 Å². The molecule has 0 radical (unpaired) electrons. The highest BCUT2D eigenvalue weighted by molar-refractivity contribution is 5.86. The summed E-state index contributed by atoms with van der Waals surface area (Å²) in [6, 6.07) is 7.77. The van der Waals surface area contributed by atoms with Gasteiger partial charge in [-0.1, -0.05) is 13.0 Å². The minimum atomic E-state index is -0.297. The van der Waals surface area contributed by atoms with Gasteiger partial charge in [0.2, 0.25) is 0 Å². The summed E-state index contributed by atoms with van der Waals surface area (Å²) in [4.78, 5) is 0. The van der Waals surface area contributed by atoms with E-state index in [9.17, 15) is 20.4 Å². The molecule has 0 fully saturated rings. The van der Waals surface area contributed by atoms with E-state index in [2.05, 4.69) is 10.2 Å². The van der Waals surface area contributed by atoms with Gasteiger partial charge in [0, 0.05) is 17.2 Å². The number of H-pyrrole nitrogens is 1. The maximum atomic E-state index is 10.3. The summed E-state index contributed by atoms with van der Waals surface area (Å²) in [7, 11) is 1.46. The van der Waals surface area contributed by atoms with Crippen molar-refractivity contribution in [3.8, 4) is 45.4 Å². The molecule has 3 aromatic rings. The molecule has 0 aliphatic rings. The molecule has 5 N–H and O–H groups in total. The quantitative estimate of drug-likeness (QED) is 0.480. The molecular formula is C19H20N2O5. The van der Waals surface area contributed by atoms with Crippen LogP contribution in [0.3, 0.4) is 0 Å². The van der Waals surface area contributed by atoms with Crippen LogP contribution in [0.4, 0.5) is 0 Å². The number of rotatable bonds is 5. The number of hydrogen-bond donors (Lipinski definition) is 5. The summed E-state index contributed by atoms with van der Waals surface area (Å²) < 4.78 is 5.06. The number of benzene rings is 2. The predicted molar refractivity (Wildman–Crippen MR) is 96.3 cm³/mol. The normalized spacial score (nSPS) is 10.9. The molecule has 2 aromatic carbocycles. The van der Waals surface area contributed by atoms with Gasteiger partial charge in [0.25, 0.3) is 0 Å². The van der Waals surface area contributed by atoms with E-state index in [0.29, 0.717) is 45.8 Å². The highest BCUT2D eigenvalue weighted by atomic mass is 16.5. The number of aryl methyl sites for hydroxylation is 1. The Balaban J connectivity index is 2.23. The van der Waals surface area contributed by atoms with E-state index in [-0.39, 0.29) is 23.9 Å². The minimum Gasteiger partial charge on any atom is -0.508 e. The van der Waals surface area contributed by atoms with E-state index in [1.807, 2.05) is 6.92 Å². The van der Waals surface area contributed by atoms with Crippen molar-refractivity contribution in [2.45, 2.75) is 20.0 Å². The Labute approximate surface area is 150 Å². The lowest BCUT2D eigenvalue weighted by molar-refractivity contribution is 0.277. The van der Waals surface area contributed by atoms with Gasteiger partial charge in [0.05, 0.1) is 19.4 Å². The topological polar surface area (TPSA) is 119 Å². The maximum absolute atomic E-state index is 10.3. The fourth-order valence-corrected chi connectivity index (χ4v) is 2.94. The Kier molecular flexibility index (Phi) is 4.73. The number of phenols is 3. The first-order valence-corrected chi connectivity index (χ1v) is 8.10. The summed E-state index contributed by atoms with van der Waals surface area (Å²) in [6.45, 7) is 1.59. The molecule has 3 rings (SSSR count). The zero-order valence-electron chi connectivity index (χ0n) is 14.4. The third-order valence-corrected chi connectivity index (χ3v) is 4.30. The number of methoxy groups -OCH3 is 1. The van der Waals surface area contributed by atoms with Crippen LogP contribution in [0.5, 0.6) is 23.0 Å². The van der Waals surface area contributed by atoms with Crippen LogP contribution in [0.25, 0.3) is 22.4 Å². The molecule has 26 heavy (non-hydrogen) atoms. The molecule has 136 valence electrons. The molecule has 0 amide bonds. The molecular weight excluding hydrogens is 336 g/mol. The van der Waals surface area contributed by atoms with Gasteiger partial charge in [-0.2, -0.15) is 5.10 Å². The monoisotopic (exact) mass is 356 g/mol. The minimum absolute atomic E-state index is 0.00955. The molecule has 7 nitrogen and oxygen atoms in total. The van der Waals surface area contributed by atoms with Gasteiger partial charge >= 0.3 is 0 Å². The number of nitrogens with zero attached hydrogens (tertiary/aromatic N) is 1. The van der Waals surface area contributed by atoms with Crippen molar-refractivity contribution in [2.24, 2.45) is 0 Å². The second-order valence-electron chi connectivity index (χ2n) is 5.82. The van der Waals surface area contributed by atoms with Crippen molar-refractivity contribution in [3.05, 3.63) is 41.6 Å². The smallest absolute Gasteiger partial charge is 0.160 e. The summed E-state index contributed by atoms with van der Waals surface area (Å²) in [5.41, 5.74) is 3.08. The second kappa shape index (κ2) is 6.97. The zero-order chi connectivity index (χ0) is 18.8. The molecule has 0 aliphatic carbocycles. The third kappa shape index (κ3) is 2.93. The van der Waals surface area contributed by atoms with E-state index in [4.69, 9.17) is 4.74 Å². The second-order valence-corrected chi connectivity index (χ2v) is 5.82. The largest absolute Gasteiger partial charge is 0.508 e. The average Bonchev–Trinajstić information content (AvgIpc) is 3.05.